The van der Waals surface area contributed by atoms with Crippen LogP contribution in [0.5, 0.6) is 17.2 Å². The number of hydrogen-bond donors (Lipinski definition) is 0. The van der Waals surface area contributed by atoms with Gasteiger partial charge in [-0.3, -0.25) is 4.79 Å². The molecule has 31 heavy (non-hydrogen) atoms. The molecule has 1 aliphatic carbocycles. The third-order valence-corrected chi connectivity index (χ3v) is 6.78. The summed E-state index contributed by atoms with van der Waals surface area (Å²) >= 11 is 1.47. The fraction of sp³-hybridized carbons (Fsp3) is 0.435. The van der Waals surface area contributed by atoms with Crippen molar-refractivity contribution in [2.24, 2.45) is 0 Å². The van der Waals surface area contributed by atoms with E-state index in [4.69, 9.17) is 24.2 Å². The first-order valence-corrected chi connectivity index (χ1v) is 11.3. The molecule has 0 bridgehead atoms. The molecular weight excluding hydrogens is 414 g/mol. The fourth-order valence-corrected chi connectivity index (χ4v) is 4.96. The van der Waals surface area contributed by atoms with Crippen molar-refractivity contribution >= 4 is 33.3 Å². The number of nitrogens with zero attached hydrogens (tertiary/aromatic N) is 3. The Balaban J connectivity index is 1.78. The Bertz CT molecular complexity index is 1070. The first kappa shape index (κ1) is 21.4. The summed E-state index contributed by atoms with van der Waals surface area (Å²) in [6, 6.07) is 5.66. The van der Waals surface area contributed by atoms with Crippen LogP contribution in [-0.2, 0) is 0 Å². The molecule has 164 valence electrons. The topological polar surface area (TPSA) is 73.8 Å². The zero-order valence-electron chi connectivity index (χ0n) is 18.3. The largest absolute Gasteiger partial charge is 0.493 e. The van der Waals surface area contributed by atoms with Gasteiger partial charge in [0.25, 0.3) is 0 Å². The molecule has 0 saturated heterocycles. The molecule has 0 spiro atoms. The number of hydrogen-bond acceptors (Lipinski definition) is 8. The molecule has 0 amide bonds. The summed E-state index contributed by atoms with van der Waals surface area (Å²) in [5, 5.41) is 1.94. The average Bonchev–Trinajstić information content (AvgIpc) is 3.30. The molecule has 0 N–H and O–H groups in total. The van der Waals surface area contributed by atoms with Gasteiger partial charge in [0.05, 0.1) is 31.5 Å². The maximum Gasteiger partial charge on any atom is 0.226 e. The molecule has 0 atom stereocenters. The molecule has 2 aromatic heterocycles. The number of fused-ring (bicyclic) bond motifs is 1. The van der Waals surface area contributed by atoms with Crippen LogP contribution in [0.25, 0.3) is 10.2 Å². The van der Waals surface area contributed by atoms with Crippen LogP contribution in [0.15, 0.2) is 23.6 Å². The number of benzene rings is 1. The number of ether oxygens (including phenoxy) is 3. The number of rotatable bonds is 7. The first-order chi connectivity index (χ1) is 15.1. The van der Waals surface area contributed by atoms with E-state index in [-0.39, 0.29) is 5.78 Å². The van der Waals surface area contributed by atoms with Gasteiger partial charge >= 0.3 is 0 Å². The summed E-state index contributed by atoms with van der Waals surface area (Å²) in [6.07, 6.45) is 5.95. The molecule has 1 aromatic carbocycles. The predicted octanol–water partition coefficient (Wildman–Crippen LogP) is 4.72. The Hall–Kier alpha value is -2.87. The lowest BCUT2D eigenvalue weighted by atomic mass is 9.95. The molecule has 0 unspecified atom stereocenters. The number of thiophene rings is 1. The molecule has 0 aliphatic heterocycles. The van der Waals surface area contributed by atoms with Crippen molar-refractivity contribution in [1.82, 2.24) is 9.97 Å². The van der Waals surface area contributed by atoms with Crippen LogP contribution in [0.2, 0.25) is 0 Å². The van der Waals surface area contributed by atoms with Crippen LogP contribution in [-0.4, -0.2) is 50.2 Å². The molecule has 1 aliphatic rings. The van der Waals surface area contributed by atoms with E-state index in [0.717, 1.165) is 23.1 Å². The third-order valence-electron chi connectivity index (χ3n) is 5.87. The van der Waals surface area contributed by atoms with Gasteiger partial charge in [0.15, 0.2) is 11.5 Å². The van der Waals surface area contributed by atoms with E-state index in [0.29, 0.717) is 40.5 Å². The van der Waals surface area contributed by atoms with Crippen LogP contribution in [0.1, 0.15) is 48.2 Å². The van der Waals surface area contributed by atoms with E-state index in [1.807, 2.05) is 18.5 Å². The standard InChI is InChI=1S/C23H27N3O4S/c1-26(15-8-6-5-7-9-15)23-24-16-10-11-31-22(16)19(25-23)20(27)14-12-17(28-2)21(30-4)18(13-14)29-3/h10-13,15H,5-9H2,1-4H3. The van der Waals surface area contributed by atoms with E-state index in [9.17, 15) is 4.79 Å². The predicted molar refractivity (Wildman–Crippen MR) is 122 cm³/mol. The highest BCUT2D eigenvalue weighted by atomic mass is 32.1. The Labute approximate surface area is 186 Å². The molecule has 8 heteroatoms. The lowest BCUT2D eigenvalue weighted by molar-refractivity contribution is 0.103. The van der Waals surface area contributed by atoms with E-state index >= 15 is 0 Å². The van der Waals surface area contributed by atoms with Crippen molar-refractivity contribution in [2.45, 2.75) is 38.1 Å². The van der Waals surface area contributed by atoms with Crippen molar-refractivity contribution in [1.29, 1.82) is 0 Å². The smallest absolute Gasteiger partial charge is 0.226 e. The van der Waals surface area contributed by atoms with Gasteiger partial charge in [0, 0.05) is 18.7 Å². The van der Waals surface area contributed by atoms with Crippen LogP contribution in [0.3, 0.4) is 0 Å². The summed E-state index contributed by atoms with van der Waals surface area (Å²) in [5.41, 5.74) is 1.61. The lowest BCUT2D eigenvalue weighted by Gasteiger charge is -2.31. The minimum atomic E-state index is -0.201. The van der Waals surface area contributed by atoms with Gasteiger partial charge in [-0.15, -0.1) is 11.3 Å². The Morgan fingerprint density at radius 2 is 1.71 bits per heavy atom. The van der Waals surface area contributed by atoms with Gasteiger partial charge in [-0.05, 0) is 36.4 Å². The highest BCUT2D eigenvalue weighted by Crippen LogP contribution is 2.39. The molecule has 0 radical (unpaired) electrons. The van der Waals surface area contributed by atoms with Crippen LogP contribution in [0.4, 0.5) is 5.95 Å². The fourth-order valence-electron chi connectivity index (χ4n) is 4.14. The zero-order valence-corrected chi connectivity index (χ0v) is 19.1. The Kier molecular flexibility index (Phi) is 6.27. The minimum Gasteiger partial charge on any atom is -0.493 e. The maximum atomic E-state index is 13.6. The van der Waals surface area contributed by atoms with Crippen molar-refractivity contribution in [3.8, 4) is 17.2 Å². The molecular formula is C23H27N3O4S. The Morgan fingerprint density at radius 1 is 1.03 bits per heavy atom. The zero-order chi connectivity index (χ0) is 22.0. The van der Waals surface area contributed by atoms with E-state index in [1.165, 1.54) is 51.9 Å². The van der Waals surface area contributed by atoms with Crippen molar-refractivity contribution in [3.63, 3.8) is 0 Å². The number of carbonyl (C=O) groups excluding carboxylic acids is 1. The van der Waals surface area contributed by atoms with Gasteiger partial charge in [0.1, 0.15) is 5.69 Å². The quantitative estimate of drug-likeness (QED) is 0.491. The monoisotopic (exact) mass is 441 g/mol. The summed E-state index contributed by atoms with van der Waals surface area (Å²) in [7, 11) is 6.63. The summed E-state index contributed by atoms with van der Waals surface area (Å²) in [6.45, 7) is 0. The van der Waals surface area contributed by atoms with Crippen LogP contribution < -0.4 is 19.1 Å². The lowest BCUT2D eigenvalue weighted by Crippen LogP contribution is -2.34. The molecule has 7 nitrogen and oxygen atoms in total. The Morgan fingerprint density at radius 3 is 2.32 bits per heavy atom. The van der Waals surface area contributed by atoms with Gasteiger partial charge in [-0.1, -0.05) is 19.3 Å². The number of anilines is 1. The maximum absolute atomic E-state index is 13.6. The van der Waals surface area contributed by atoms with Gasteiger partial charge < -0.3 is 19.1 Å². The third kappa shape index (κ3) is 4.04. The summed E-state index contributed by atoms with van der Waals surface area (Å²) < 4.78 is 17.0. The molecule has 3 aromatic rings. The van der Waals surface area contributed by atoms with E-state index in [1.54, 1.807) is 12.1 Å². The van der Waals surface area contributed by atoms with Crippen molar-refractivity contribution in [2.75, 3.05) is 33.3 Å². The van der Waals surface area contributed by atoms with Gasteiger partial charge in [-0.2, -0.15) is 0 Å². The second-order valence-corrected chi connectivity index (χ2v) is 8.57. The molecule has 2 heterocycles. The highest BCUT2D eigenvalue weighted by Gasteiger charge is 2.25. The van der Waals surface area contributed by atoms with Crippen molar-refractivity contribution in [3.05, 3.63) is 34.8 Å². The van der Waals surface area contributed by atoms with E-state index in [2.05, 4.69) is 4.90 Å². The SMILES string of the molecule is COc1cc(C(=O)c2nc(N(C)C3CCCCC3)nc3ccsc23)cc(OC)c1OC. The van der Waals surface area contributed by atoms with Gasteiger partial charge in [0.2, 0.25) is 17.5 Å². The second kappa shape index (κ2) is 9.09. The van der Waals surface area contributed by atoms with Gasteiger partial charge in [-0.25, -0.2) is 9.97 Å². The summed E-state index contributed by atoms with van der Waals surface area (Å²) in [4.78, 5) is 25.2. The number of methoxy groups -OCH3 is 3. The molecule has 1 saturated carbocycles. The van der Waals surface area contributed by atoms with E-state index < -0.39 is 0 Å². The number of ketones is 1. The first-order valence-electron chi connectivity index (χ1n) is 10.4. The average molecular weight is 442 g/mol. The van der Waals surface area contributed by atoms with Crippen molar-refractivity contribution < 1.29 is 19.0 Å². The number of aromatic nitrogens is 2. The second-order valence-electron chi connectivity index (χ2n) is 7.65. The number of carbonyl (C=O) groups is 1. The van der Waals surface area contributed by atoms with Crippen LogP contribution in [0, 0.1) is 0 Å². The minimum absolute atomic E-state index is 0.201. The summed E-state index contributed by atoms with van der Waals surface area (Å²) in [5.74, 6) is 1.70. The molecule has 1 fully saturated rings. The van der Waals surface area contributed by atoms with Crippen LogP contribution >= 0.6 is 11.3 Å². The normalized spacial score (nSPS) is 14.5. The highest BCUT2D eigenvalue weighted by molar-refractivity contribution is 7.17. The molecule has 4 rings (SSSR count).